The predicted octanol–water partition coefficient (Wildman–Crippen LogP) is 5.19. The van der Waals surface area contributed by atoms with Crippen molar-refractivity contribution < 1.29 is 0 Å². The topological polar surface area (TPSA) is 28.0 Å². The Labute approximate surface area is 130 Å². The highest BCUT2D eigenvalue weighted by atomic mass is 15.1. The van der Waals surface area contributed by atoms with Gasteiger partial charge in [-0.3, -0.25) is 0 Å². The molecule has 0 aliphatic heterocycles. The summed E-state index contributed by atoms with van der Waals surface area (Å²) in [5.74, 6) is 0. The van der Waals surface area contributed by atoms with Gasteiger partial charge in [0.15, 0.2) is 0 Å². The van der Waals surface area contributed by atoms with E-state index in [0.717, 1.165) is 11.3 Å². The molecule has 3 nitrogen and oxygen atoms in total. The average Bonchev–Trinajstić information content (AvgIpc) is 2.55. The van der Waals surface area contributed by atoms with Crippen LogP contribution in [0.1, 0.15) is 5.56 Å². The lowest BCUT2D eigenvalue weighted by Gasteiger charge is -2.11. The van der Waals surface area contributed by atoms with Crippen LogP contribution < -0.4 is 4.90 Å². The van der Waals surface area contributed by atoms with E-state index in [1.807, 2.05) is 32.3 Å². The summed E-state index contributed by atoms with van der Waals surface area (Å²) in [5.41, 5.74) is 3.24. The molecule has 0 unspecified atom stereocenters. The van der Waals surface area contributed by atoms with E-state index in [0.29, 0.717) is 6.54 Å². The quantitative estimate of drug-likeness (QED) is 0.607. The van der Waals surface area contributed by atoms with Crippen LogP contribution in [-0.2, 0) is 6.54 Å². The molecule has 110 valence electrons. The number of benzene rings is 3. The van der Waals surface area contributed by atoms with Gasteiger partial charge in [-0.05, 0) is 40.6 Å². The van der Waals surface area contributed by atoms with Gasteiger partial charge in [0.05, 0.1) is 12.2 Å². The molecule has 3 aromatic rings. The number of hydrogen-bond acceptors (Lipinski definition) is 3. The molecule has 0 atom stereocenters. The molecule has 0 aliphatic carbocycles. The third kappa shape index (κ3) is 3.31. The van der Waals surface area contributed by atoms with Crippen molar-refractivity contribution in [1.29, 1.82) is 0 Å². The van der Waals surface area contributed by atoms with Gasteiger partial charge in [-0.15, -0.1) is 0 Å². The largest absolute Gasteiger partial charge is 0.378 e. The molecule has 0 fully saturated rings. The van der Waals surface area contributed by atoms with Gasteiger partial charge in [0.2, 0.25) is 0 Å². The summed E-state index contributed by atoms with van der Waals surface area (Å²) < 4.78 is 0. The number of hydrogen-bond donors (Lipinski definition) is 0. The molecule has 0 radical (unpaired) electrons. The van der Waals surface area contributed by atoms with E-state index in [4.69, 9.17) is 0 Å². The van der Waals surface area contributed by atoms with Gasteiger partial charge < -0.3 is 4.90 Å². The van der Waals surface area contributed by atoms with Gasteiger partial charge in [-0.1, -0.05) is 42.5 Å². The zero-order chi connectivity index (χ0) is 15.4. The molecule has 0 N–H and O–H groups in total. The van der Waals surface area contributed by atoms with E-state index < -0.39 is 0 Å². The van der Waals surface area contributed by atoms with Crippen LogP contribution in [0.3, 0.4) is 0 Å². The second-order valence-electron chi connectivity index (χ2n) is 5.49. The molecule has 0 aliphatic rings. The summed E-state index contributed by atoms with van der Waals surface area (Å²) in [6.45, 7) is 0.598. The molecular formula is C19H19N3. The molecule has 0 spiro atoms. The smallest absolute Gasteiger partial charge is 0.0859 e. The van der Waals surface area contributed by atoms with Crippen LogP contribution in [0.4, 0.5) is 11.4 Å². The lowest BCUT2D eigenvalue weighted by Crippen LogP contribution is -2.08. The highest BCUT2D eigenvalue weighted by Gasteiger charge is 1.97. The first-order valence-electron chi connectivity index (χ1n) is 7.35. The molecule has 0 heterocycles. The highest BCUT2D eigenvalue weighted by molar-refractivity contribution is 5.84. The van der Waals surface area contributed by atoms with Crippen molar-refractivity contribution in [3.8, 4) is 0 Å². The lowest BCUT2D eigenvalue weighted by atomic mass is 10.1. The highest BCUT2D eigenvalue weighted by Crippen LogP contribution is 2.21. The van der Waals surface area contributed by atoms with Crippen molar-refractivity contribution in [2.24, 2.45) is 10.2 Å². The predicted molar refractivity (Wildman–Crippen MR) is 92.9 cm³/mol. The summed E-state index contributed by atoms with van der Waals surface area (Å²) in [6.07, 6.45) is 0. The molecule has 3 aromatic carbocycles. The van der Waals surface area contributed by atoms with Crippen LogP contribution >= 0.6 is 0 Å². The van der Waals surface area contributed by atoms with Crippen molar-refractivity contribution in [2.45, 2.75) is 6.54 Å². The number of azo groups is 1. The van der Waals surface area contributed by atoms with E-state index in [1.165, 1.54) is 16.5 Å². The number of nitrogens with zero attached hydrogens (tertiary/aromatic N) is 3. The molecule has 0 amide bonds. The Kier molecular flexibility index (Phi) is 4.15. The third-order valence-electron chi connectivity index (χ3n) is 3.63. The normalized spacial score (nSPS) is 11.2. The van der Waals surface area contributed by atoms with E-state index in [-0.39, 0.29) is 0 Å². The van der Waals surface area contributed by atoms with Crippen LogP contribution in [0.2, 0.25) is 0 Å². The first-order valence-corrected chi connectivity index (χ1v) is 7.35. The van der Waals surface area contributed by atoms with Crippen molar-refractivity contribution >= 4 is 22.1 Å². The first-order chi connectivity index (χ1) is 10.7. The van der Waals surface area contributed by atoms with Crippen LogP contribution in [0.25, 0.3) is 10.8 Å². The van der Waals surface area contributed by atoms with Gasteiger partial charge in [0.25, 0.3) is 0 Å². The SMILES string of the molecule is CN(C)c1ccc(CN=Nc2ccc3ccccc3c2)cc1. The minimum Gasteiger partial charge on any atom is -0.378 e. The molecule has 0 bridgehead atoms. The zero-order valence-electron chi connectivity index (χ0n) is 12.9. The van der Waals surface area contributed by atoms with E-state index in [1.54, 1.807) is 0 Å². The monoisotopic (exact) mass is 289 g/mol. The van der Waals surface area contributed by atoms with Gasteiger partial charge in [-0.25, -0.2) is 0 Å². The van der Waals surface area contributed by atoms with Crippen LogP contribution in [-0.4, -0.2) is 14.1 Å². The van der Waals surface area contributed by atoms with E-state index >= 15 is 0 Å². The third-order valence-corrected chi connectivity index (χ3v) is 3.63. The molecular weight excluding hydrogens is 270 g/mol. The van der Waals surface area contributed by atoms with Gasteiger partial charge in [0.1, 0.15) is 0 Å². The summed E-state index contributed by atoms with van der Waals surface area (Å²) in [6, 6.07) is 22.8. The molecule has 3 heteroatoms. The second kappa shape index (κ2) is 6.39. The van der Waals surface area contributed by atoms with Crippen LogP contribution in [0, 0.1) is 0 Å². The van der Waals surface area contributed by atoms with Crippen LogP contribution in [0.15, 0.2) is 77.0 Å². The number of anilines is 1. The Morgan fingerprint density at radius 1 is 0.818 bits per heavy atom. The molecule has 22 heavy (non-hydrogen) atoms. The van der Waals surface area contributed by atoms with Crippen LogP contribution in [0.5, 0.6) is 0 Å². The Bertz CT molecular complexity index is 789. The van der Waals surface area contributed by atoms with Gasteiger partial charge >= 0.3 is 0 Å². The fourth-order valence-corrected chi connectivity index (χ4v) is 2.34. The molecule has 3 rings (SSSR count). The standard InChI is InChI=1S/C19H19N3/c1-22(2)19-11-7-15(8-12-19)14-20-21-18-10-9-16-5-3-4-6-17(16)13-18/h3-13H,14H2,1-2H3. The Hall–Kier alpha value is -2.68. The summed E-state index contributed by atoms with van der Waals surface area (Å²) in [4.78, 5) is 2.08. The number of fused-ring (bicyclic) bond motifs is 1. The van der Waals surface area contributed by atoms with E-state index in [9.17, 15) is 0 Å². The maximum Gasteiger partial charge on any atom is 0.0859 e. The van der Waals surface area contributed by atoms with E-state index in [2.05, 4.69) is 63.7 Å². The van der Waals surface area contributed by atoms with Crippen molar-refractivity contribution in [3.05, 3.63) is 72.3 Å². The Morgan fingerprint density at radius 2 is 1.55 bits per heavy atom. The minimum absolute atomic E-state index is 0.598. The Morgan fingerprint density at radius 3 is 2.27 bits per heavy atom. The maximum atomic E-state index is 4.32. The fourth-order valence-electron chi connectivity index (χ4n) is 2.34. The second-order valence-corrected chi connectivity index (χ2v) is 5.49. The fraction of sp³-hybridized carbons (Fsp3) is 0.158. The summed E-state index contributed by atoms with van der Waals surface area (Å²) in [7, 11) is 4.07. The van der Waals surface area contributed by atoms with Crippen molar-refractivity contribution in [1.82, 2.24) is 0 Å². The lowest BCUT2D eigenvalue weighted by molar-refractivity contribution is 0.958. The van der Waals surface area contributed by atoms with Gasteiger partial charge in [-0.2, -0.15) is 10.2 Å². The zero-order valence-corrected chi connectivity index (χ0v) is 12.9. The summed E-state index contributed by atoms with van der Waals surface area (Å²) >= 11 is 0. The maximum absolute atomic E-state index is 4.32. The summed E-state index contributed by atoms with van der Waals surface area (Å²) in [5, 5.41) is 11.0. The molecule has 0 aromatic heterocycles. The average molecular weight is 289 g/mol. The van der Waals surface area contributed by atoms with Crippen molar-refractivity contribution in [2.75, 3.05) is 19.0 Å². The Balaban J connectivity index is 1.70. The first kappa shape index (κ1) is 14.3. The van der Waals surface area contributed by atoms with Crippen molar-refractivity contribution in [3.63, 3.8) is 0 Å². The minimum atomic E-state index is 0.598. The molecule has 0 saturated carbocycles. The number of rotatable bonds is 4. The van der Waals surface area contributed by atoms with Gasteiger partial charge in [0, 0.05) is 19.8 Å². The molecule has 0 saturated heterocycles.